The number of nitrogens with zero attached hydrogens (tertiary/aromatic N) is 1. The molecule has 2 aromatic rings. The number of hydrogen-bond acceptors (Lipinski definition) is 2. The van der Waals surface area contributed by atoms with Gasteiger partial charge in [-0.2, -0.15) is 0 Å². The van der Waals surface area contributed by atoms with Crippen molar-refractivity contribution in [3.8, 4) is 5.75 Å². The van der Waals surface area contributed by atoms with Crippen LogP contribution in [0.15, 0.2) is 41.3 Å². The summed E-state index contributed by atoms with van der Waals surface area (Å²) < 4.78 is 6.52. The first-order chi connectivity index (χ1) is 8.61. The third-order valence-corrected chi connectivity index (χ3v) is 3.15. The summed E-state index contributed by atoms with van der Waals surface area (Å²) in [7, 11) is 1.47. The summed E-state index contributed by atoms with van der Waals surface area (Å²) in [5, 5.41) is 1.11. The average molecular weight is 284 g/mol. The fourth-order valence-electron chi connectivity index (χ4n) is 1.63. The van der Waals surface area contributed by atoms with Gasteiger partial charge in [0.2, 0.25) is 0 Å². The van der Waals surface area contributed by atoms with Gasteiger partial charge in [-0.25, -0.2) is 0 Å². The van der Waals surface area contributed by atoms with Gasteiger partial charge in [-0.05, 0) is 29.8 Å². The molecular weight excluding hydrogens is 273 g/mol. The van der Waals surface area contributed by atoms with Crippen LogP contribution in [0, 0.1) is 0 Å². The first-order valence-corrected chi connectivity index (χ1v) is 6.05. The number of aromatic nitrogens is 1. The van der Waals surface area contributed by atoms with Gasteiger partial charge in [-0.3, -0.25) is 4.79 Å². The highest BCUT2D eigenvalue weighted by Crippen LogP contribution is 2.21. The van der Waals surface area contributed by atoms with Crippen molar-refractivity contribution >= 4 is 23.2 Å². The summed E-state index contributed by atoms with van der Waals surface area (Å²) in [5.74, 6) is 0.308. The van der Waals surface area contributed by atoms with Gasteiger partial charge in [0.1, 0.15) is 0 Å². The minimum Gasteiger partial charge on any atom is -0.491 e. The topological polar surface area (TPSA) is 31.2 Å². The van der Waals surface area contributed by atoms with Crippen molar-refractivity contribution in [3.63, 3.8) is 0 Å². The highest BCUT2D eigenvalue weighted by atomic mass is 35.5. The predicted molar refractivity (Wildman–Crippen MR) is 72.8 cm³/mol. The first kappa shape index (κ1) is 13.0. The molecule has 0 atom stereocenters. The van der Waals surface area contributed by atoms with Crippen molar-refractivity contribution in [2.45, 2.75) is 6.54 Å². The molecule has 1 aromatic carbocycles. The average Bonchev–Trinajstić information content (AvgIpc) is 2.35. The van der Waals surface area contributed by atoms with Gasteiger partial charge in [-0.1, -0.05) is 29.3 Å². The Morgan fingerprint density at radius 3 is 2.72 bits per heavy atom. The zero-order valence-corrected chi connectivity index (χ0v) is 11.2. The molecule has 0 bridgehead atoms. The molecule has 18 heavy (non-hydrogen) atoms. The molecule has 0 aliphatic heterocycles. The molecule has 94 valence electrons. The van der Waals surface area contributed by atoms with Crippen LogP contribution >= 0.6 is 23.2 Å². The van der Waals surface area contributed by atoms with Crippen molar-refractivity contribution in [1.29, 1.82) is 0 Å². The van der Waals surface area contributed by atoms with E-state index in [0.29, 0.717) is 22.3 Å². The monoisotopic (exact) mass is 283 g/mol. The zero-order valence-electron chi connectivity index (χ0n) is 9.69. The highest BCUT2D eigenvalue weighted by Gasteiger charge is 2.06. The lowest BCUT2D eigenvalue weighted by molar-refractivity contribution is 0.403. The van der Waals surface area contributed by atoms with E-state index in [1.807, 2.05) is 0 Å². The van der Waals surface area contributed by atoms with Gasteiger partial charge in [-0.15, -0.1) is 0 Å². The second-order valence-corrected chi connectivity index (χ2v) is 4.59. The molecule has 2 rings (SSSR count). The van der Waals surface area contributed by atoms with E-state index >= 15 is 0 Å². The van der Waals surface area contributed by atoms with E-state index < -0.39 is 0 Å². The minimum absolute atomic E-state index is 0.189. The van der Waals surface area contributed by atoms with Crippen LogP contribution in [0.1, 0.15) is 5.56 Å². The molecule has 0 fully saturated rings. The number of pyridine rings is 1. The molecule has 0 N–H and O–H groups in total. The summed E-state index contributed by atoms with van der Waals surface area (Å²) in [6.07, 6.45) is 1.69. The quantitative estimate of drug-likeness (QED) is 0.866. The number of hydrogen-bond donors (Lipinski definition) is 0. The maximum atomic E-state index is 12.0. The van der Waals surface area contributed by atoms with Crippen LogP contribution in [-0.4, -0.2) is 11.7 Å². The maximum absolute atomic E-state index is 12.0. The number of halogens is 2. The summed E-state index contributed by atoms with van der Waals surface area (Å²) in [5.41, 5.74) is 0.641. The van der Waals surface area contributed by atoms with Gasteiger partial charge < -0.3 is 9.30 Å². The molecule has 0 aliphatic rings. The van der Waals surface area contributed by atoms with Crippen LogP contribution in [0.25, 0.3) is 0 Å². The Balaban J connectivity index is 2.37. The van der Waals surface area contributed by atoms with Crippen molar-refractivity contribution in [2.75, 3.05) is 7.11 Å². The van der Waals surface area contributed by atoms with Gasteiger partial charge in [0.25, 0.3) is 5.56 Å². The van der Waals surface area contributed by atoms with Crippen LogP contribution in [0.2, 0.25) is 10.0 Å². The van der Waals surface area contributed by atoms with E-state index in [2.05, 4.69) is 0 Å². The van der Waals surface area contributed by atoms with Crippen LogP contribution < -0.4 is 10.3 Å². The standard InChI is InChI=1S/C13H11Cl2NO2/c1-18-12-3-2-6-16(13(12)17)8-9-4-5-10(14)7-11(9)15/h2-7H,8H2,1H3. The molecule has 0 saturated heterocycles. The Kier molecular flexibility index (Phi) is 3.94. The summed E-state index contributed by atoms with van der Waals surface area (Å²) in [6.45, 7) is 0.381. The fourth-order valence-corrected chi connectivity index (χ4v) is 2.10. The van der Waals surface area contributed by atoms with Crippen LogP contribution in [0.4, 0.5) is 0 Å². The predicted octanol–water partition coefficient (Wildman–Crippen LogP) is 3.21. The second-order valence-electron chi connectivity index (χ2n) is 3.75. The minimum atomic E-state index is -0.189. The molecule has 0 radical (unpaired) electrons. The lowest BCUT2D eigenvalue weighted by Gasteiger charge is -2.09. The van der Waals surface area contributed by atoms with Crippen LogP contribution in [-0.2, 0) is 6.54 Å². The summed E-state index contributed by atoms with van der Waals surface area (Å²) >= 11 is 11.9. The van der Waals surface area contributed by atoms with Crippen molar-refractivity contribution < 1.29 is 4.74 Å². The third kappa shape index (κ3) is 2.68. The van der Waals surface area contributed by atoms with E-state index in [-0.39, 0.29) is 5.56 Å². The molecule has 0 saturated carbocycles. The highest BCUT2D eigenvalue weighted by molar-refractivity contribution is 6.35. The van der Waals surface area contributed by atoms with Gasteiger partial charge >= 0.3 is 0 Å². The molecule has 1 heterocycles. The van der Waals surface area contributed by atoms with Crippen LogP contribution in [0.3, 0.4) is 0 Å². The van der Waals surface area contributed by atoms with Gasteiger partial charge in [0.05, 0.1) is 13.7 Å². The van der Waals surface area contributed by atoms with Crippen molar-refractivity contribution in [3.05, 3.63) is 62.5 Å². The molecule has 5 heteroatoms. The first-order valence-electron chi connectivity index (χ1n) is 5.29. The molecule has 0 amide bonds. The second kappa shape index (κ2) is 5.46. The Hall–Kier alpha value is -1.45. The molecular formula is C13H11Cl2NO2. The molecule has 1 aromatic heterocycles. The molecule has 0 aliphatic carbocycles. The number of benzene rings is 1. The van der Waals surface area contributed by atoms with Gasteiger partial charge in [0, 0.05) is 16.2 Å². The Labute approximate surface area is 115 Å². The van der Waals surface area contributed by atoms with E-state index in [0.717, 1.165) is 5.56 Å². The van der Waals surface area contributed by atoms with E-state index in [1.54, 1.807) is 36.5 Å². The molecule has 0 spiro atoms. The fraction of sp³-hybridized carbons (Fsp3) is 0.154. The molecule has 0 unspecified atom stereocenters. The SMILES string of the molecule is COc1cccn(Cc2ccc(Cl)cc2Cl)c1=O. The van der Waals surface area contributed by atoms with E-state index in [9.17, 15) is 4.79 Å². The van der Waals surface area contributed by atoms with Crippen molar-refractivity contribution in [1.82, 2.24) is 4.57 Å². The number of rotatable bonds is 3. The number of ether oxygens (including phenoxy) is 1. The largest absolute Gasteiger partial charge is 0.491 e. The van der Waals surface area contributed by atoms with Crippen LogP contribution in [0.5, 0.6) is 5.75 Å². The van der Waals surface area contributed by atoms with E-state index in [4.69, 9.17) is 27.9 Å². The van der Waals surface area contributed by atoms with Gasteiger partial charge in [0.15, 0.2) is 5.75 Å². The van der Waals surface area contributed by atoms with E-state index in [1.165, 1.54) is 11.7 Å². The lowest BCUT2D eigenvalue weighted by Crippen LogP contribution is -2.21. The lowest BCUT2D eigenvalue weighted by atomic mass is 10.2. The Morgan fingerprint density at radius 1 is 1.28 bits per heavy atom. The summed E-state index contributed by atoms with van der Waals surface area (Å²) in [4.78, 5) is 12.0. The number of methoxy groups -OCH3 is 1. The summed E-state index contributed by atoms with van der Waals surface area (Å²) in [6, 6.07) is 8.58. The normalized spacial score (nSPS) is 10.4. The Bertz CT molecular complexity index is 623. The third-order valence-electron chi connectivity index (χ3n) is 2.56. The molecule has 3 nitrogen and oxygen atoms in total. The zero-order chi connectivity index (χ0) is 13.1. The maximum Gasteiger partial charge on any atom is 0.293 e. The smallest absolute Gasteiger partial charge is 0.293 e. The Morgan fingerprint density at radius 2 is 2.06 bits per heavy atom. The van der Waals surface area contributed by atoms with Crippen molar-refractivity contribution in [2.24, 2.45) is 0 Å².